The highest BCUT2D eigenvalue weighted by Gasteiger charge is 2.26. The van der Waals surface area contributed by atoms with Gasteiger partial charge in [-0.15, -0.1) is 0 Å². The molecule has 5 aromatic rings. The number of rotatable bonds is 8. The lowest BCUT2D eigenvalue weighted by atomic mass is 10.1. The van der Waals surface area contributed by atoms with E-state index in [0.29, 0.717) is 19.0 Å². The first-order valence-electron chi connectivity index (χ1n) is 15.3. The third-order valence-electron chi connectivity index (χ3n) is 7.52. The summed E-state index contributed by atoms with van der Waals surface area (Å²) >= 11 is 0. The number of carbonyl (C=O) groups excluding carboxylic acids is 1. The topological polar surface area (TPSA) is 101 Å². The van der Waals surface area contributed by atoms with Crippen LogP contribution in [0.4, 0.5) is 22.1 Å². The van der Waals surface area contributed by atoms with Crippen molar-refractivity contribution in [3.05, 3.63) is 103 Å². The van der Waals surface area contributed by atoms with Crippen LogP contribution in [0.1, 0.15) is 26.3 Å². The fourth-order valence-corrected chi connectivity index (χ4v) is 5.26. The van der Waals surface area contributed by atoms with Crippen molar-refractivity contribution >= 4 is 23.4 Å². The summed E-state index contributed by atoms with van der Waals surface area (Å²) in [7, 11) is 0. The first-order valence-corrected chi connectivity index (χ1v) is 15.3. The Hall–Kier alpha value is -5.25. The normalized spacial score (nSPS) is 13.5. The van der Waals surface area contributed by atoms with Gasteiger partial charge in [-0.1, -0.05) is 30.3 Å². The van der Waals surface area contributed by atoms with Crippen molar-refractivity contribution in [2.75, 3.05) is 36.4 Å². The predicted molar refractivity (Wildman–Crippen MR) is 176 cm³/mol. The quantitative estimate of drug-likeness (QED) is 0.216. The van der Waals surface area contributed by atoms with Gasteiger partial charge >= 0.3 is 6.09 Å². The van der Waals surface area contributed by atoms with Crippen molar-refractivity contribution in [3.8, 4) is 22.5 Å². The lowest BCUT2D eigenvalue weighted by Gasteiger charge is -2.36. The molecule has 6 rings (SSSR count). The molecule has 45 heavy (non-hydrogen) atoms. The Morgan fingerprint density at radius 3 is 2.40 bits per heavy atom. The lowest BCUT2D eigenvalue weighted by molar-refractivity contribution is 0.0240. The summed E-state index contributed by atoms with van der Waals surface area (Å²) in [5.74, 6) is 0.500. The van der Waals surface area contributed by atoms with Crippen molar-refractivity contribution in [3.63, 3.8) is 0 Å². The van der Waals surface area contributed by atoms with Crippen molar-refractivity contribution in [2.45, 2.75) is 39.3 Å². The molecular formula is C35H38N8O2. The van der Waals surface area contributed by atoms with Crippen LogP contribution in [0.3, 0.4) is 0 Å². The van der Waals surface area contributed by atoms with Crippen molar-refractivity contribution in [1.82, 2.24) is 29.6 Å². The summed E-state index contributed by atoms with van der Waals surface area (Å²) in [4.78, 5) is 30.1. The van der Waals surface area contributed by atoms with E-state index in [9.17, 15) is 4.79 Å². The molecule has 0 atom stereocenters. The second-order valence-corrected chi connectivity index (χ2v) is 12.0. The van der Waals surface area contributed by atoms with Crippen LogP contribution in [0.15, 0.2) is 97.6 Å². The summed E-state index contributed by atoms with van der Waals surface area (Å²) in [5, 5.41) is 8.28. The molecule has 1 fully saturated rings. The predicted octanol–water partition coefficient (Wildman–Crippen LogP) is 6.45. The van der Waals surface area contributed by atoms with E-state index in [1.807, 2.05) is 68.0 Å². The van der Waals surface area contributed by atoms with Crippen LogP contribution >= 0.6 is 0 Å². The Balaban J connectivity index is 1.14. The van der Waals surface area contributed by atoms with Gasteiger partial charge in [0.25, 0.3) is 0 Å². The van der Waals surface area contributed by atoms with Crippen molar-refractivity contribution in [1.29, 1.82) is 0 Å². The maximum Gasteiger partial charge on any atom is 0.410 e. The second-order valence-electron chi connectivity index (χ2n) is 12.0. The molecule has 0 unspecified atom stereocenters. The molecule has 0 bridgehead atoms. The Labute approximate surface area is 263 Å². The summed E-state index contributed by atoms with van der Waals surface area (Å²) in [5.41, 5.74) is 6.21. The molecule has 1 amide bonds. The van der Waals surface area contributed by atoms with Gasteiger partial charge in [0.1, 0.15) is 11.3 Å². The Bertz CT molecular complexity index is 1710. The highest BCUT2D eigenvalue weighted by atomic mass is 16.6. The number of aromatic nitrogens is 5. The zero-order chi connectivity index (χ0) is 31.2. The SMILES string of the molecule is CC(C)(C)OC(=O)N1CCN(c2ccc(Nc3nccc(-c4cn(CCc5ccccc5)nc4-c4cccnc4)n3)cc2)CC1. The third kappa shape index (κ3) is 7.64. The summed E-state index contributed by atoms with van der Waals surface area (Å²) < 4.78 is 7.50. The maximum atomic E-state index is 12.4. The molecular weight excluding hydrogens is 564 g/mol. The van der Waals surface area contributed by atoms with Gasteiger partial charge in [-0.3, -0.25) is 9.67 Å². The van der Waals surface area contributed by atoms with E-state index >= 15 is 0 Å². The first kappa shape index (κ1) is 29.8. The van der Waals surface area contributed by atoms with Gasteiger partial charge in [0.15, 0.2) is 0 Å². The number of aryl methyl sites for hydroxylation is 2. The molecule has 3 aromatic heterocycles. The Morgan fingerprint density at radius 1 is 0.911 bits per heavy atom. The molecule has 0 radical (unpaired) electrons. The zero-order valence-electron chi connectivity index (χ0n) is 25.9. The number of nitrogens with one attached hydrogen (secondary N) is 1. The summed E-state index contributed by atoms with van der Waals surface area (Å²) in [6.45, 7) is 9.15. The minimum Gasteiger partial charge on any atom is -0.444 e. The van der Waals surface area contributed by atoms with E-state index in [0.717, 1.165) is 59.9 Å². The molecule has 4 heterocycles. The van der Waals surface area contributed by atoms with Gasteiger partial charge in [0, 0.05) is 80.0 Å². The van der Waals surface area contributed by atoms with Gasteiger partial charge in [-0.25, -0.2) is 14.8 Å². The Morgan fingerprint density at radius 2 is 1.69 bits per heavy atom. The number of carbonyl (C=O) groups is 1. The molecule has 0 saturated carbocycles. The van der Waals surface area contributed by atoms with Gasteiger partial charge in [-0.05, 0) is 75.2 Å². The van der Waals surface area contributed by atoms with Crippen LogP contribution in [-0.4, -0.2) is 67.5 Å². The monoisotopic (exact) mass is 602 g/mol. The fourth-order valence-electron chi connectivity index (χ4n) is 5.26. The molecule has 1 N–H and O–H groups in total. The number of piperazine rings is 1. The second kappa shape index (κ2) is 13.2. The molecule has 2 aromatic carbocycles. The molecule has 0 spiro atoms. The van der Waals surface area contributed by atoms with E-state index in [1.165, 1.54) is 5.56 Å². The smallest absolute Gasteiger partial charge is 0.410 e. The van der Waals surface area contributed by atoms with Crippen LogP contribution < -0.4 is 10.2 Å². The van der Waals surface area contributed by atoms with Crippen LogP contribution in [0.5, 0.6) is 0 Å². The molecule has 1 aliphatic heterocycles. The number of hydrogen-bond donors (Lipinski definition) is 1. The lowest BCUT2D eigenvalue weighted by Crippen LogP contribution is -2.50. The van der Waals surface area contributed by atoms with Gasteiger partial charge < -0.3 is 19.9 Å². The molecule has 1 aliphatic rings. The number of ether oxygens (including phenoxy) is 1. The van der Waals surface area contributed by atoms with Crippen LogP contribution in [-0.2, 0) is 17.7 Å². The first-order chi connectivity index (χ1) is 21.8. The van der Waals surface area contributed by atoms with E-state index in [-0.39, 0.29) is 6.09 Å². The average Bonchev–Trinajstić information content (AvgIpc) is 3.49. The van der Waals surface area contributed by atoms with Crippen LogP contribution in [0.25, 0.3) is 22.5 Å². The molecule has 10 heteroatoms. The van der Waals surface area contributed by atoms with Crippen LogP contribution in [0.2, 0.25) is 0 Å². The van der Waals surface area contributed by atoms with Crippen molar-refractivity contribution in [2.24, 2.45) is 0 Å². The maximum absolute atomic E-state index is 12.4. The van der Waals surface area contributed by atoms with Crippen LogP contribution in [0, 0.1) is 0 Å². The largest absolute Gasteiger partial charge is 0.444 e. The minimum atomic E-state index is -0.494. The highest BCUT2D eigenvalue weighted by molar-refractivity contribution is 5.78. The summed E-state index contributed by atoms with van der Waals surface area (Å²) in [6.07, 6.45) is 8.02. The van der Waals surface area contributed by atoms with Crippen molar-refractivity contribution < 1.29 is 9.53 Å². The number of amides is 1. The third-order valence-corrected chi connectivity index (χ3v) is 7.52. The van der Waals surface area contributed by atoms with Gasteiger partial charge in [-0.2, -0.15) is 5.10 Å². The average molecular weight is 603 g/mol. The molecule has 230 valence electrons. The number of nitrogens with zero attached hydrogens (tertiary/aromatic N) is 7. The zero-order valence-corrected chi connectivity index (χ0v) is 25.9. The number of benzene rings is 2. The fraction of sp³-hybridized carbons (Fsp3) is 0.286. The number of pyridine rings is 1. The van der Waals surface area contributed by atoms with Gasteiger partial charge in [0.05, 0.1) is 5.69 Å². The van der Waals surface area contributed by atoms with E-state index in [2.05, 4.69) is 62.8 Å². The minimum absolute atomic E-state index is 0.254. The van der Waals surface area contributed by atoms with E-state index < -0.39 is 5.60 Å². The van der Waals surface area contributed by atoms with E-state index in [1.54, 1.807) is 17.3 Å². The highest BCUT2D eigenvalue weighted by Crippen LogP contribution is 2.30. The number of anilines is 3. The molecule has 1 saturated heterocycles. The Kier molecular flexibility index (Phi) is 8.72. The van der Waals surface area contributed by atoms with Gasteiger partial charge in [0.2, 0.25) is 5.95 Å². The molecule has 0 aliphatic carbocycles. The summed E-state index contributed by atoms with van der Waals surface area (Å²) in [6, 6.07) is 24.4. The van der Waals surface area contributed by atoms with E-state index in [4.69, 9.17) is 14.8 Å². The molecule has 10 nitrogen and oxygen atoms in total. The standard InChI is InChI=1S/C35H38N8O2/c1-35(2,3)45-34(44)42-22-20-41(21-23-42)29-13-11-28(12-14-29)38-33-37-18-15-31(39-33)30-25-43(19-16-26-8-5-4-6-9-26)40-32(30)27-10-7-17-36-24-27/h4-15,17-18,24-25H,16,19-23H2,1-3H3,(H,37,38,39). The number of hydrogen-bond acceptors (Lipinski definition) is 8.